The van der Waals surface area contributed by atoms with Gasteiger partial charge in [-0.15, -0.1) is 11.3 Å². The first kappa shape index (κ1) is 20.1. The fourth-order valence-electron chi connectivity index (χ4n) is 2.92. The minimum atomic E-state index is 0.134. The van der Waals surface area contributed by atoms with Crippen LogP contribution in [0.15, 0.2) is 66.0 Å². The Hall–Kier alpha value is -2.66. The van der Waals surface area contributed by atoms with Gasteiger partial charge < -0.3 is 9.64 Å². The van der Waals surface area contributed by atoms with E-state index in [2.05, 4.69) is 18.8 Å². The number of rotatable bonds is 9. The first-order chi connectivity index (χ1) is 13.6. The Morgan fingerprint density at radius 3 is 2.43 bits per heavy atom. The summed E-state index contributed by atoms with van der Waals surface area (Å²) in [5, 5.41) is 2.94. The van der Waals surface area contributed by atoms with E-state index in [1.807, 2.05) is 70.9 Å². The number of carbonyl (C=O) groups excluding carboxylic acids is 1. The molecule has 0 atom stereocenters. The maximum Gasteiger partial charge on any atom is 0.227 e. The Kier molecular flexibility index (Phi) is 7.20. The summed E-state index contributed by atoms with van der Waals surface area (Å²) < 4.78 is 5.77. The van der Waals surface area contributed by atoms with E-state index in [4.69, 9.17) is 4.74 Å². The van der Waals surface area contributed by atoms with Crippen LogP contribution in [0.3, 0.4) is 0 Å². The molecule has 3 rings (SSSR count). The molecule has 28 heavy (non-hydrogen) atoms. The van der Waals surface area contributed by atoms with Gasteiger partial charge in [0.05, 0.1) is 18.7 Å². The number of benzene rings is 2. The topological polar surface area (TPSA) is 42.4 Å². The molecule has 0 aliphatic rings. The van der Waals surface area contributed by atoms with Crippen LogP contribution in [0.4, 0.5) is 0 Å². The molecule has 1 aromatic heterocycles. The summed E-state index contributed by atoms with van der Waals surface area (Å²) in [6.07, 6.45) is 0.418. The predicted octanol–water partition coefficient (Wildman–Crippen LogP) is 4.95. The van der Waals surface area contributed by atoms with E-state index < -0.39 is 0 Å². The molecule has 5 heteroatoms. The average Bonchev–Trinajstić information content (AvgIpc) is 3.14. The third-order valence-corrected chi connectivity index (χ3v) is 5.07. The number of nitrogens with zero attached hydrogens (tertiary/aromatic N) is 2. The quantitative estimate of drug-likeness (QED) is 0.516. The molecule has 0 saturated carbocycles. The van der Waals surface area contributed by atoms with Crippen molar-refractivity contribution >= 4 is 17.2 Å². The van der Waals surface area contributed by atoms with Gasteiger partial charge >= 0.3 is 0 Å². The second-order valence-corrected chi connectivity index (χ2v) is 8.11. The second-order valence-electron chi connectivity index (χ2n) is 7.16. The molecule has 0 radical (unpaired) electrons. The van der Waals surface area contributed by atoms with E-state index in [1.165, 1.54) is 0 Å². The molecule has 0 fully saturated rings. The van der Waals surface area contributed by atoms with Crippen molar-refractivity contribution in [1.82, 2.24) is 9.88 Å². The number of amides is 1. The zero-order chi connectivity index (χ0) is 19.8. The average molecular weight is 395 g/mol. The van der Waals surface area contributed by atoms with Crippen LogP contribution in [0.1, 0.15) is 30.1 Å². The summed E-state index contributed by atoms with van der Waals surface area (Å²) in [5.41, 5.74) is 1.95. The number of para-hydroxylation sites is 1. The van der Waals surface area contributed by atoms with Crippen molar-refractivity contribution in [2.24, 2.45) is 5.92 Å². The largest absolute Gasteiger partial charge is 0.486 e. The van der Waals surface area contributed by atoms with Crippen LogP contribution in [0.25, 0.3) is 0 Å². The number of ether oxygens (including phenoxy) is 1. The van der Waals surface area contributed by atoms with Crippen LogP contribution in [-0.4, -0.2) is 22.3 Å². The van der Waals surface area contributed by atoms with Crippen molar-refractivity contribution in [2.75, 3.05) is 6.54 Å². The molecule has 0 unspecified atom stereocenters. The molecule has 2 aromatic carbocycles. The SMILES string of the molecule is CC(C)CN(Cc1csc(COc2ccccc2)n1)C(=O)Cc1ccccc1. The molecule has 3 aromatic rings. The smallest absolute Gasteiger partial charge is 0.227 e. The standard InChI is InChI=1S/C23H26N2O2S/c1-18(2)14-25(23(26)13-19-9-5-3-6-10-19)15-20-17-28-22(24-20)16-27-21-11-7-4-8-12-21/h3-12,17-18H,13-16H2,1-2H3. The number of thiazole rings is 1. The second kappa shape index (κ2) is 10.0. The number of carbonyl (C=O) groups is 1. The molecule has 0 saturated heterocycles. The van der Waals surface area contributed by atoms with Crippen LogP contribution < -0.4 is 4.74 Å². The van der Waals surface area contributed by atoms with Gasteiger partial charge in [0.2, 0.25) is 5.91 Å². The van der Waals surface area contributed by atoms with Crippen LogP contribution in [0.2, 0.25) is 0 Å². The molecule has 0 N–H and O–H groups in total. The Balaban J connectivity index is 1.61. The molecule has 0 bridgehead atoms. The van der Waals surface area contributed by atoms with E-state index in [0.717, 1.165) is 28.6 Å². The van der Waals surface area contributed by atoms with Gasteiger partial charge in [-0.05, 0) is 23.6 Å². The van der Waals surface area contributed by atoms with Gasteiger partial charge in [-0.25, -0.2) is 4.98 Å². The molecular formula is C23H26N2O2S. The summed E-state index contributed by atoms with van der Waals surface area (Å²) >= 11 is 1.57. The third kappa shape index (κ3) is 6.20. The summed E-state index contributed by atoms with van der Waals surface area (Å²) in [6.45, 7) is 5.95. The lowest BCUT2D eigenvalue weighted by Crippen LogP contribution is -2.35. The number of aromatic nitrogens is 1. The van der Waals surface area contributed by atoms with Gasteiger partial charge in [0.1, 0.15) is 17.4 Å². The fraction of sp³-hybridized carbons (Fsp3) is 0.304. The van der Waals surface area contributed by atoms with Crippen LogP contribution in [0, 0.1) is 5.92 Å². The van der Waals surface area contributed by atoms with Gasteiger partial charge in [0.15, 0.2) is 0 Å². The van der Waals surface area contributed by atoms with Crippen molar-refractivity contribution in [3.8, 4) is 5.75 Å². The summed E-state index contributed by atoms with van der Waals surface area (Å²) in [7, 11) is 0. The van der Waals surface area contributed by atoms with Crippen molar-refractivity contribution in [1.29, 1.82) is 0 Å². The van der Waals surface area contributed by atoms with Crippen LogP contribution >= 0.6 is 11.3 Å². The van der Waals surface area contributed by atoms with Gasteiger partial charge in [0, 0.05) is 11.9 Å². The highest BCUT2D eigenvalue weighted by Gasteiger charge is 2.17. The summed E-state index contributed by atoms with van der Waals surface area (Å²) in [5.74, 6) is 1.37. The van der Waals surface area contributed by atoms with Crippen LogP contribution in [0.5, 0.6) is 5.75 Å². The van der Waals surface area contributed by atoms with E-state index in [0.29, 0.717) is 25.5 Å². The maximum absolute atomic E-state index is 12.8. The molecule has 1 amide bonds. The number of hydrogen-bond acceptors (Lipinski definition) is 4. The Bertz CT molecular complexity index is 863. The Morgan fingerprint density at radius 1 is 1.07 bits per heavy atom. The first-order valence-electron chi connectivity index (χ1n) is 9.53. The molecule has 0 aliphatic heterocycles. The minimum Gasteiger partial charge on any atom is -0.486 e. The zero-order valence-electron chi connectivity index (χ0n) is 16.4. The molecule has 4 nitrogen and oxygen atoms in total. The van der Waals surface area contributed by atoms with Crippen molar-refractivity contribution in [2.45, 2.75) is 33.4 Å². The molecular weight excluding hydrogens is 368 g/mol. The fourth-order valence-corrected chi connectivity index (χ4v) is 3.62. The molecule has 0 spiro atoms. The van der Waals surface area contributed by atoms with E-state index in [9.17, 15) is 4.79 Å². The van der Waals surface area contributed by atoms with Crippen molar-refractivity contribution in [3.63, 3.8) is 0 Å². The van der Waals surface area contributed by atoms with E-state index in [1.54, 1.807) is 11.3 Å². The molecule has 1 heterocycles. The maximum atomic E-state index is 12.8. The number of hydrogen-bond donors (Lipinski definition) is 0. The van der Waals surface area contributed by atoms with Gasteiger partial charge in [-0.3, -0.25) is 4.79 Å². The minimum absolute atomic E-state index is 0.134. The van der Waals surface area contributed by atoms with Gasteiger partial charge in [0.25, 0.3) is 0 Å². The lowest BCUT2D eigenvalue weighted by molar-refractivity contribution is -0.131. The summed E-state index contributed by atoms with van der Waals surface area (Å²) in [6, 6.07) is 19.6. The Morgan fingerprint density at radius 2 is 1.75 bits per heavy atom. The van der Waals surface area contributed by atoms with Crippen LogP contribution in [-0.2, 0) is 24.4 Å². The monoisotopic (exact) mass is 394 g/mol. The van der Waals surface area contributed by atoms with Crippen molar-refractivity contribution in [3.05, 3.63) is 82.3 Å². The highest BCUT2D eigenvalue weighted by atomic mass is 32.1. The lowest BCUT2D eigenvalue weighted by atomic mass is 10.1. The molecule has 0 aliphatic carbocycles. The van der Waals surface area contributed by atoms with E-state index in [-0.39, 0.29) is 5.91 Å². The highest BCUT2D eigenvalue weighted by Crippen LogP contribution is 2.17. The normalized spacial score (nSPS) is 10.8. The summed E-state index contributed by atoms with van der Waals surface area (Å²) in [4.78, 5) is 19.4. The predicted molar refractivity (Wildman–Crippen MR) is 113 cm³/mol. The van der Waals surface area contributed by atoms with E-state index >= 15 is 0 Å². The van der Waals surface area contributed by atoms with Gasteiger partial charge in [-0.2, -0.15) is 0 Å². The highest BCUT2D eigenvalue weighted by molar-refractivity contribution is 7.09. The first-order valence-corrected chi connectivity index (χ1v) is 10.4. The Labute approximate surface area is 170 Å². The molecule has 146 valence electrons. The lowest BCUT2D eigenvalue weighted by Gasteiger charge is -2.24. The van der Waals surface area contributed by atoms with Gasteiger partial charge in [-0.1, -0.05) is 62.4 Å². The third-order valence-electron chi connectivity index (χ3n) is 4.19. The zero-order valence-corrected chi connectivity index (χ0v) is 17.2. The van der Waals surface area contributed by atoms with Crippen molar-refractivity contribution < 1.29 is 9.53 Å².